The first-order valence-corrected chi connectivity index (χ1v) is 15.3. The molecule has 3 rings (SSSR count). The van der Waals surface area contributed by atoms with E-state index in [-0.39, 0.29) is 23.4 Å². The number of carbonyl (C=O) groups is 1. The molecule has 23 heteroatoms. The molecule has 1 aliphatic heterocycles. The minimum absolute atomic E-state index is 0.0371. The number of nitrogens with zero attached hydrogens (tertiary/aromatic N) is 4. The van der Waals surface area contributed by atoms with Crippen LogP contribution in [0.5, 0.6) is 0 Å². The van der Waals surface area contributed by atoms with Gasteiger partial charge < -0.3 is 40.1 Å². The number of ether oxygens (including phenoxy) is 2. The van der Waals surface area contributed by atoms with Gasteiger partial charge >= 0.3 is 29.4 Å². The Bertz CT molecular complexity index is 1330. The predicted octanol–water partition coefficient (Wildman–Crippen LogP) is -0.263. The number of hydrogen-bond acceptors (Lipinski definition) is 16. The van der Waals surface area contributed by atoms with Gasteiger partial charge in [-0.25, -0.2) is 28.6 Å². The number of nitrogens with two attached hydrogens (primary N) is 1. The molecule has 7 N–H and O–H groups in total. The Hall–Kier alpha value is -1.89. The number of phosphoric ester groups is 2. The molecular weight excluding hydrogens is 595 g/mol. The summed E-state index contributed by atoms with van der Waals surface area (Å²) in [4.78, 5) is 51.6. The highest BCUT2D eigenvalue weighted by molar-refractivity contribution is 7.66. The minimum atomic E-state index is -5.75. The van der Waals surface area contributed by atoms with Crippen molar-refractivity contribution in [3.8, 4) is 0 Å². The maximum absolute atomic E-state index is 12.2. The number of phosphoric acid groups is 3. The van der Waals surface area contributed by atoms with Crippen LogP contribution in [-0.2, 0) is 45.6 Å². The van der Waals surface area contributed by atoms with Crippen molar-refractivity contribution in [3.05, 3.63) is 12.7 Å². The first-order chi connectivity index (χ1) is 18.0. The fraction of sp³-hybridized carbons (Fsp3) is 0.625. The number of nitrogen functional groups attached to an aromatic ring is 1. The third kappa shape index (κ3) is 8.55. The number of imidazole rings is 1. The highest BCUT2D eigenvalue weighted by atomic mass is 31.3. The second kappa shape index (κ2) is 12.3. The zero-order valence-corrected chi connectivity index (χ0v) is 22.9. The second-order valence-electron chi connectivity index (χ2n) is 8.04. The van der Waals surface area contributed by atoms with Crippen LogP contribution in [0.2, 0.25) is 0 Å². The topological polar surface area (TPSA) is 294 Å². The van der Waals surface area contributed by atoms with Crippen LogP contribution in [0.1, 0.15) is 26.5 Å². The van der Waals surface area contributed by atoms with Crippen molar-refractivity contribution in [2.75, 3.05) is 18.9 Å². The van der Waals surface area contributed by atoms with E-state index in [9.17, 15) is 43.4 Å². The lowest BCUT2D eigenvalue weighted by molar-refractivity contribution is -0.145. The molecule has 0 bridgehead atoms. The minimum Gasteiger partial charge on any atom is -0.463 e. The Morgan fingerprint density at radius 3 is 2.36 bits per heavy atom. The molecule has 3 heterocycles. The number of hydrogen-bond donors (Lipinski definition) is 6. The summed E-state index contributed by atoms with van der Waals surface area (Å²) >= 11 is 0. The highest BCUT2D eigenvalue weighted by Gasteiger charge is 2.47. The average molecular weight is 621 g/mol. The van der Waals surface area contributed by atoms with E-state index in [0.29, 0.717) is 0 Å². The molecule has 1 saturated heterocycles. The largest absolute Gasteiger partial charge is 0.490 e. The summed E-state index contributed by atoms with van der Waals surface area (Å²) in [5.41, 5.74) is 6.03. The third-order valence-corrected chi connectivity index (χ3v) is 9.25. The fourth-order valence-corrected chi connectivity index (χ4v) is 6.84. The van der Waals surface area contributed by atoms with Crippen molar-refractivity contribution in [2.45, 2.75) is 50.9 Å². The van der Waals surface area contributed by atoms with E-state index in [0.717, 1.165) is 13.3 Å². The van der Waals surface area contributed by atoms with Gasteiger partial charge in [0.15, 0.2) is 17.7 Å². The van der Waals surface area contributed by atoms with Crippen LogP contribution < -0.4 is 5.73 Å². The number of aliphatic hydroxyl groups is 2. The Kier molecular flexibility index (Phi) is 9.99. The summed E-state index contributed by atoms with van der Waals surface area (Å²) in [6.45, 7) is 1.05. The van der Waals surface area contributed by atoms with Crippen LogP contribution in [0.25, 0.3) is 11.2 Å². The van der Waals surface area contributed by atoms with E-state index in [2.05, 4.69) is 32.6 Å². The van der Waals surface area contributed by atoms with Gasteiger partial charge in [0.25, 0.3) is 0 Å². The van der Waals surface area contributed by atoms with Crippen LogP contribution in [-0.4, -0.2) is 88.0 Å². The standard InChI is InChI=1S/C16H26N5O15P3/c1-8(33-9(2)22)3-4-31-37(25,26)35-39(29,30)36-38(27,28)32-5-10-12(23)13(24)16(34-10)21-7-20-11-14(17)18-6-19-15(11)21/h6-8,10,12-13,16,23-24H,3-5H2,1-2H3,(H,25,26)(H,27,28)(H,29,30)(H2,17,18,19)/t8?,10-,12-,13-,16-/m1/s1. The van der Waals surface area contributed by atoms with E-state index in [1.807, 2.05) is 0 Å². The lowest BCUT2D eigenvalue weighted by Crippen LogP contribution is -2.33. The van der Waals surface area contributed by atoms with Gasteiger partial charge in [0, 0.05) is 13.3 Å². The molecule has 0 amide bonds. The van der Waals surface area contributed by atoms with Crippen LogP contribution >= 0.6 is 23.5 Å². The molecule has 0 aromatic carbocycles. The van der Waals surface area contributed by atoms with Gasteiger partial charge in [0.05, 0.1) is 19.5 Å². The number of esters is 1. The molecule has 39 heavy (non-hydrogen) atoms. The van der Waals surface area contributed by atoms with Crippen LogP contribution in [0.3, 0.4) is 0 Å². The normalized spacial score (nSPS) is 26.9. The zero-order valence-electron chi connectivity index (χ0n) is 20.2. The molecule has 0 saturated carbocycles. The number of carbonyl (C=O) groups excluding carboxylic acids is 1. The van der Waals surface area contributed by atoms with Gasteiger partial charge in [-0.05, 0) is 6.92 Å². The molecule has 0 radical (unpaired) electrons. The summed E-state index contributed by atoms with van der Waals surface area (Å²) in [6.07, 6.45) is -4.58. The van der Waals surface area contributed by atoms with Crippen molar-refractivity contribution < 1.29 is 70.5 Å². The number of rotatable bonds is 13. The van der Waals surface area contributed by atoms with Crippen molar-refractivity contribution in [1.82, 2.24) is 19.5 Å². The molecule has 1 aliphatic rings. The van der Waals surface area contributed by atoms with Crippen LogP contribution in [0.4, 0.5) is 5.82 Å². The maximum Gasteiger partial charge on any atom is 0.490 e. The molecule has 2 aromatic rings. The van der Waals surface area contributed by atoms with Gasteiger partial charge in [-0.1, -0.05) is 0 Å². The van der Waals surface area contributed by atoms with Crippen molar-refractivity contribution in [3.63, 3.8) is 0 Å². The molecule has 0 spiro atoms. The maximum atomic E-state index is 12.2. The summed E-state index contributed by atoms with van der Waals surface area (Å²) in [5.74, 6) is -0.580. The first kappa shape index (κ1) is 31.6. The summed E-state index contributed by atoms with van der Waals surface area (Å²) < 4.78 is 64.5. The van der Waals surface area contributed by atoms with Gasteiger partial charge in [0.1, 0.15) is 36.3 Å². The Labute approximate surface area is 219 Å². The van der Waals surface area contributed by atoms with E-state index in [1.165, 1.54) is 17.8 Å². The number of aromatic nitrogens is 4. The van der Waals surface area contributed by atoms with E-state index in [1.54, 1.807) is 0 Å². The van der Waals surface area contributed by atoms with Gasteiger partial charge in [0.2, 0.25) is 0 Å². The van der Waals surface area contributed by atoms with Crippen LogP contribution in [0, 0.1) is 0 Å². The molecule has 2 aromatic heterocycles. The van der Waals surface area contributed by atoms with Crippen LogP contribution in [0.15, 0.2) is 12.7 Å². The van der Waals surface area contributed by atoms with Crippen molar-refractivity contribution in [2.24, 2.45) is 0 Å². The van der Waals surface area contributed by atoms with Gasteiger partial charge in [-0.15, -0.1) is 0 Å². The van der Waals surface area contributed by atoms with Crippen molar-refractivity contribution in [1.29, 1.82) is 0 Å². The SMILES string of the molecule is CC(=O)OC(C)CCOP(=O)(O)OP(=O)(O)OP(=O)(O)OC[C@H]1O[C@@H](n2cnc3c(N)ncnc32)[C@H](O)[C@@H]1O. The van der Waals surface area contributed by atoms with Gasteiger partial charge in [-0.2, -0.15) is 8.62 Å². The van der Waals surface area contributed by atoms with Crippen molar-refractivity contribution >= 4 is 46.4 Å². The number of fused-ring (bicyclic) bond motifs is 1. The predicted molar refractivity (Wildman–Crippen MR) is 125 cm³/mol. The second-order valence-corrected chi connectivity index (χ2v) is 12.7. The van der Waals surface area contributed by atoms with E-state index < -0.39 is 73.3 Å². The first-order valence-electron chi connectivity index (χ1n) is 10.8. The Morgan fingerprint density at radius 1 is 1.08 bits per heavy atom. The monoisotopic (exact) mass is 621 g/mol. The number of anilines is 1. The average Bonchev–Trinajstić information content (AvgIpc) is 3.32. The third-order valence-electron chi connectivity index (χ3n) is 4.96. The smallest absolute Gasteiger partial charge is 0.463 e. The highest BCUT2D eigenvalue weighted by Crippen LogP contribution is 2.67. The summed E-state index contributed by atoms with van der Waals surface area (Å²) in [6, 6.07) is 0. The lowest BCUT2D eigenvalue weighted by atomic mass is 10.1. The molecule has 1 fully saturated rings. The molecule has 20 nitrogen and oxygen atoms in total. The lowest BCUT2D eigenvalue weighted by Gasteiger charge is -2.20. The fourth-order valence-electron chi connectivity index (χ4n) is 3.32. The summed E-state index contributed by atoms with van der Waals surface area (Å²) in [7, 11) is -16.5. The Balaban J connectivity index is 1.55. The number of aliphatic hydroxyl groups excluding tert-OH is 2. The molecular formula is C16H26N5O15P3. The molecule has 220 valence electrons. The molecule has 4 unspecified atom stereocenters. The van der Waals surface area contributed by atoms with Gasteiger partial charge in [-0.3, -0.25) is 18.4 Å². The quantitative estimate of drug-likeness (QED) is 0.124. The van der Waals surface area contributed by atoms with E-state index >= 15 is 0 Å². The Morgan fingerprint density at radius 2 is 1.72 bits per heavy atom. The zero-order chi connectivity index (χ0) is 29.2. The molecule has 0 aliphatic carbocycles. The molecule has 8 atom stereocenters. The van der Waals surface area contributed by atoms with E-state index in [4.69, 9.17) is 15.2 Å². The summed E-state index contributed by atoms with van der Waals surface area (Å²) in [5, 5.41) is 20.7.